The SMILES string of the molecule is CCN(CCCC(=O)O)C(=O)CCCCCNC(=O)OCC1c2ccccc2-c2ccccc21. The van der Waals surface area contributed by atoms with Crippen LogP contribution in [0.15, 0.2) is 48.5 Å². The highest BCUT2D eigenvalue weighted by molar-refractivity contribution is 5.79. The van der Waals surface area contributed by atoms with Gasteiger partial charge in [-0.1, -0.05) is 55.0 Å². The van der Waals surface area contributed by atoms with Gasteiger partial charge in [0, 0.05) is 38.4 Å². The van der Waals surface area contributed by atoms with Crippen molar-refractivity contribution in [3.8, 4) is 11.1 Å². The molecule has 0 aromatic heterocycles. The van der Waals surface area contributed by atoms with Crippen LogP contribution in [0.1, 0.15) is 62.5 Å². The molecule has 0 heterocycles. The molecule has 0 saturated carbocycles. The number of unbranched alkanes of at least 4 members (excludes halogenated alkanes) is 2. The number of fused-ring (bicyclic) bond motifs is 3. The minimum atomic E-state index is -0.840. The third kappa shape index (κ3) is 6.83. The first kappa shape index (κ1) is 25.3. The minimum Gasteiger partial charge on any atom is -0.481 e. The number of nitrogens with one attached hydrogen (secondary N) is 1. The number of aliphatic carboxylic acids is 1. The van der Waals surface area contributed by atoms with Crippen LogP contribution in [0, 0.1) is 0 Å². The number of carbonyl (C=O) groups excluding carboxylic acids is 2. The lowest BCUT2D eigenvalue weighted by molar-refractivity contribution is -0.138. The molecule has 2 aromatic rings. The maximum atomic E-state index is 12.3. The summed E-state index contributed by atoms with van der Waals surface area (Å²) in [6.45, 7) is 3.76. The Kier molecular flexibility index (Phi) is 9.50. The predicted octanol–water partition coefficient (Wildman–Crippen LogP) is 4.80. The number of carbonyl (C=O) groups is 3. The van der Waals surface area contributed by atoms with E-state index in [1.165, 1.54) is 22.3 Å². The number of alkyl carbamates (subject to hydrolysis) is 1. The van der Waals surface area contributed by atoms with Gasteiger partial charge in [-0.05, 0) is 48.4 Å². The molecule has 2 aromatic carbocycles. The summed E-state index contributed by atoms with van der Waals surface area (Å²) in [5, 5.41) is 11.5. The van der Waals surface area contributed by atoms with Gasteiger partial charge in [0.1, 0.15) is 6.61 Å². The van der Waals surface area contributed by atoms with E-state index in [9.17, 15) is 14.4 Å². The van der Waals surface area contributed by atoms with Crippen LogP contribution in [-0.4, -0.2) is 54.2 Å². The lowest BCUT2D eigenvalue weighted by Gasteiger charge is -2.20. The smallest absolute Gasteiger partial charge is 0.407 e. The van der Waals surface area contributed by atoms with E-state index in [1.807, 2.05) is 31.2 Å². The molecular formula is C27H34N2O5. The molecular weight excluding hydrogens is 432 g/mol. The zero-order chi connectivity index (χ0) is 24.3. The molecule has 182 valence electrons. The fourth-order valence-electron chi connectivity index (χ4n) is 4.46. The Balaban J connectivity index is 1.32. The van der Waals surface area contributed by atoms with Crippen molar-refractivity contribution in [3.63, 3.8) is 0 Å². The Hall–Kier alpha value is -3.35. The van der Waals surface area contributed by atoms with E-state index in [2.05, 4.69) is 29.6 Å². The Morgan fingerprint density at radius 1 is 0.912 bits per heavy atom. The second-order valence-electron chi connectivity index (χ2n) is 8.53. The number of rotatable bonds is 13. The molecule has 0 saturated heterocycles. The molecule has 7 heteroatoms. The maximum Gasteiger partial charge on any atom is 0.407 e. The standard InChI is InChI=1S/C27H34N2O5/c1-2-29(18-10-16-26(31)32)25(30)15-4-3-9-17-28-27(33)34-19-24-22-13-7-5-11-20(22)21-12-6-8-14-23(21)24/h5-8,11-14,24H,2-4,9-10,15-19H2,1H3,(H,28,33)(H,31,32). The third-order valence-electron chi connectivity index (χ3n) is 6.23. The Bertz CT molecular complexity index is 945. The van der Waals surface area contributed by atoms with E-state index in [1.54, 1.807) is 4.90 Å². The number of ether oxygens (including phenoxy) is 1. The van der Waals surface area contributed by atoms with Crippen molar-refractivity contribution in [1.29, 1.82) is 0 Å². The molecule has 2 amide bonds. The summed E-state index contributed by atoms with van der Waals surface area (Å²) in [6.07, 6.45) is 2.88. The van der Waals surface area contributed by atoms with Crippen LogP contribution in [0.2, 0.25) is 0 Å². The lowest BCUT2D eigenvalue weighted by atomic mass is 9.98. The summed E-state index contributed by atoms with van der Waals surface area (Å²) in [7, 11) is 0. The molecule has 0 spiro atoms. The molecule has 2 N–H and O–H groups in total. The normalized spacial score (nSPS) is 12.0. The number of benzene rings is 2. The van der Waals surface area contributed by atoms with Crippen molar-refractivity contribution in [2.75, 3.05) is 26.2 Å². The number of carboxylic acid groups (broad SMARTS) is 1. The van der Waals surface area contributed by atoms with Crippen LogP contribution in [-0.2, 0) is 14.3 Å². The van der Waals surface area contributed by atoms with Crippen molar-refractivity contribution in [2.45, 2.75) is 51.4 Å². The summed E-state index contributed by atoms with van der Waals surface area (Å²) in [5.41, 5.74) is 4.77. The fourth-order valence-corrected chi connectivity index (χ4v) is 4.46. The van der Waals surface area contributed by atoms with Crippen LogP contribution in [0.4, 0.5) is 4.79 Å². The molecule has 0 unspecified atom stereocenters. The van der Waals surface area contributed by atoms with E-state index in [-0.39, 0.29) is 18.2 Å². The van der Waals surface area contributed by atoms with Gasteiger partial charge in [0.15, 0.2) is 0 Å². The first-order valence-corrected chi connectivity index (χ1v) is 12.1. The molecule has 0 fully saturated rings. The Labute approximate surface area is 201 Å². The highest BCUT2D eigenvalue weighted by Crippen LogP contribution is 2.44. The largest absolute Gasteiger partial charge is 0.481 e. The molecule has 0 aliphatic heterocycles. The van der Waals surface area contributed by atoms with Gasteiger partial charge in [-0.15, -0.1) is 0 Å². The monoisotopic (exact) mass is 466 g/mol. The predicted molar refractivity (Wildman–Crippen MR) is 131 cm³/mol. The van der Waals surface area contributed by atoms with Gasteiger partial charge in [0.2, 0.25) is 5.91 Å². The quantitative estimate of drug-likeness (QED) is 0.414. The van der Waals surface area contributed by atoms with Gasteiger partial charge in [0.05, 0.1) is 0 Å². The highest BCUT2D eigenvalue weighted by atomic mass is 16.5. The molecule has 0 bridgehead atoms. The number of hydrogen-bond acceptors (Lipinski definition) is 4. The van der Waals surface area contributed by atoms with E-state index in [0.717, 1.165) is 19.3 Å². The van der Waals surface area contributed by atoms with Gasteiger partial charge in [-0.25, -0.2) is 4.79 Å². The highest BCUT2D eigenvalue weighted by Gasteiger charge is 2.28. The summed E-state index contributed by atoms with van der Waals surface area (Å²) in [5.74, 6) is -0.744. The first-order chi connectivity index (χ1) is 16.5. The van der Waals surface area contributed by atoms with Gasteiger partial charge in [0.25, 0.3) is 0 Å². The Morgan fingerprint density at radius 3 is 2.18 bits per heavy atom. The molecule has 7 nitrogen and oxygen atoms in total. The van der Waals surface area contributed by atoms with Gasteiger partial charge >= 0.3 is 12.1 Å². The van der Waals surface area contributed by atoms with Gasteiger partial charge in [-0.2, -0.15) is 0 Å². The van der Waals surface area contributed by atoms with Gasteiger partial charge in [-0.3, -0.25) is 9.59 Å². The maximum absolute atomic E-state index is 12.3. The van der Waals surface area contributed by atoms with E-state index in [0.29, 0.717) is 39.1 Å². The second-order valence-corrected chi connectivity index (χ2v) is 8.53. The zero-order valence-electron chi connectivity index (χ0n) is 19.8. The average molecular weight is 467 g/mol. The van der Waals surface area contributed by atoms with E-state index in [4.69, 9.17) is 9.84 Å². The van der Waals surface area contributed by atoms with E-state index >= 15 is 0 Å². The molecule has 1 aliphatic carbocycles. The fraction of sp³-hybridized carbons (Fsp3) is 0.444. The van der Waals surface area contributed by atoms with E-state index < -0.39 is 12.1 Å². The van der Waals surface area contributed by atoms with Crippen molar-refractivity contribution in [3.05, 3.63) is 59.7 Å². The van der Waals surface area contributed by atoms with Crippen molar-refractivity contribution in [2.24, 2.45) is 0 Å². The van der Waals surface area contributed by atoms with Gasteiger partial charge < -0.3 is 20.1 Å². The summed E-state index contributed by atoms with van der Waals surface area (Å²) in [4.78, 5) is 36.8. The van der Waals surface area contributed by atoms with Crippen LogP contribution in [0.25, 0.3) is 11.1 Å². The minimum absolute atomic E-state index is 0.0428. The first-order valence-electron chi connectivity index (χ1n) is 12.1. The van der Waals surface area contributed by atoms with Crippen LogP contribution >= 0.6 is 0 Å². The number of nitrogens with zero attached hydrogens (tertiary/aromatic N) is 1. The van der Waals surface area contributed by atoms with Crippen molar-refractivity contribution < 1.29 is 24.2 Å². The lowest BCUT2D eigenvalue weighted by Crippen LogP contribution is -2.31. The number of carboxylic acids is 1. The summed E-state index contributed by atoms with van der Waals surface area (Å²) < 4.78 is 5.53. The van der Waals surface area contributed by atoms with Crippen LogP contribution in [0.5, 0.6) is 0 Å². The molecule has 34 heavy (non-hydrogen) atoms. The summed E-state index contributed by atoms with van der Waals surface area (Å²) in [6, 6.07) is 16.5. The zero-order valence-corrected chi connectivity index (χ0v) is 19.8. The Morgan fingerprint density at radius 2 is 1.56 bits per heavy atom. The summed E-state index contributed by atoms with van der Waals surface area (Å²) >= 11 is 0. The third-order valence-corrected chi connectivity index (χ3v) is 6.23. The number of hydrogen-bond donors (Lipinski definition) is 2. The van der Waals surface area contributed by atoms with Crippen LogP contribution in [0.3, 0.4) is 0 Å². The average Bonchev–Trinajstić information content (AvgIpc) is 3.16. The molecule has 0 radical (unpaired) electrons. The van der Waals surface area contributed by atoms with Crippen molar-refractivity contribution >= 4 is 18.0 Å². The molecule has 0 atom stereocenters. The molecule has 1 aliphatic rings. The second kappa shape index (κ2) is 12.8. The molecule has 3 rings (SSSR count). The van der Waals surface area contributed by atoms with Crippen molar-refractivity contribution in [1.82, 2.24) is 10.2 Å². The topological polar surface area (TPSA) is 95.9 Å². The van der Waals surface area contributed by atoms with Crippen LogP contribution < -0.4 is 5.32 Å². The number of amides is 2.